The summed E-state index contributed by atoms with van der Waals surface area (Å²) in [7, 11) is 0. The molecule has 0 N–H and O–H groups in total. The van der Waals surface area contributed by atoms with E-state index in [0.717, 1.165) is 0 Å². The smallest absolute Gasteiger partial charge is 0.338 e. The normalized spacial score (nSPS) is 11.1. The van der Waals surface area contributed by atoms with E-state index in [1.165, 1.54) is 122 Å². The van der Waals surface area contributed by atoms with Gasteiger partial charge in [-0.15, -0.1) is 0 Å². The minimum absolute atomic E-state index is 0.00646. The molecule has 0 spiro atoms. The summed E-state index contributed by atoms with van der Waals surface area (Å²) in [6.45, 7) is 11.9. The first-order valence-electron chi connectivity index (χ1n) is 20.4. The van der Waals surface area contributed by atoms with E-state index >= 15 is 0 Å². The summed E-state index contributed by atoms with van der Waals surface area (Å²) >= 11 is 0. The highest BCUT2D eigenvalue weighted by molar-refractivity contribution is 5.98. The van der Waals surface area contributed by atoms with Crippen LogP contribution >= 0.6 is 0 Å². The van der Waals surface area contributed by atoms with Gasteiger partial charge in [0.15, 0.2) is 0 Å². The van der Waals surface area contributed by atoms with E-state index in [2.05, 4.69) is 19.7 Å². The minimum Gasteiger partial charge on any atom is -0.461 e. The fourth-order valence-corrected chi connectivity index (χ4v) is 5.64. The third kappa shape index (κ3) is 15.0. The molecule has 16 nitrogen and oxygen atoms in total. The number of benzene rings is 4. The van der Waals surface area contributed by atoms with Crippen molar-refractivity contribution in [3.05, 3.63) is 180 Å². The molecule has 0 aliphatic heterocycles. The topological polar surface area (TPSA) is 210 Å². The van der Waals surface area contributed by atoms with Gasteiger partial charge in [0.2, 0.25) is 0 Å². The molecule has 66 heavy (non-hydrogen) atoms. The van der Waals surface area contributed by atoms with Crippen LogP contribution in [-0.4, -0.2) is 100 Å². The van der Waals surface area contributed by atoms with E-state index in [9.17, 15) is 38.4 Å². The molecular weight excluding hydrogens is 857 g/mol. The quantitative estimate of drug-likeness (QED) is 0.0381. The Labute approximate surface area is 380 Å². The molecule has 0 aromatic heterocycles. The average molecular weight is 905 g/mol. The number of ether oxygens (including phenoxy) is 8. The number of hydrogen-bond donors (Lipinski definition) is 0. The summed E-state index contributed by atoms with van der Waals surface area (Å²) in [5.74, 6) is -6.25. The van der Waals surface area contributed by atoms with E-state index < -0.39 is 79.1 Å². The van der Waals surface area contributed by atoms with Crippen LogP contribution in [0, 0.1) is 5.41 Å². The van der Waals surface area contributed by atoms with Crippen LogP contribution in [0.15, 0.2) is 135 Å². The van der Waals surface area contributed by atoms with E-state index in [1.807, 2.05) is 0 Å². The van der Waals surface area contributed by atoms with Crippen molar-refractivity contribution in [3.63, 3.8) is 0 Å². The Morgan fingerprint density at radius 1 is 0.439 bits per heavy atom. The Balaban J connectivity index is 1.45. The SMILES string of the molecule is C=CCOC(=O)c1cccc(C(=O)OCC(CC)(COC(=O)c2cccc(C(=O)OCC=C)c2)COC(=O)c2cccc(C(=O)OCC(C)OC(=O)c3cccc(C(=O)OCC=C)c3)c2)c1. The van der Waals surface area contributed by atoms with Gasteiger partial charge in [0.1, 0.15) is 52.4 Å². The number of carbonyl (C=O) groups excluding carboxylic acids is 8. The Morgan fingerprint density at radius 2 is 0.697 bits per heavy atom. The molecule has 0 saturated heterocycles. The molecule has 0 aliphatic carbocycles. The Bertz CT molecular complexity index is 2370. The van der Waals surface area contributed by atoms with Crippen molar-refractivity contribution < 1.29 is 76.3 Å². The van der Waals surface area contributed by atoms with Crippen LogP contribution < -0.4 is 0 Å². The maximum atomic E-state index is 13.5. The first-order chi connectivity index (χ1) is 31.7. The molecule has 0 bridgehead atoms. The molecular formula is C50H48O16. The van der Waals surface area contributed by atoms with E-state index in [0.29, 0.717) is 0 Å². The molecule has 4 aromatic carbocycles. The Hall–Kier alpha value is -8.14. The molecule has 4 rings (SSSR count). The zero-order valence-electron chi connectivity index (χ0n) is 36.4. The zero-order valence-corrected chi connectivity index (χ0v) is 36.4. The molecule has 0 amide bonds. The van der Waals surface area contributed by atoms with Gasteiger partial charge in [-0.05, 0) is 86.1 Å². The summed E-state index contributed by atoms with van der Waals surface area (Å²) in [5.41, 5.74) is -1.07. The number of carbonyl (C=O) groups is 8. The van der Waals surface area contributed by atoms with Gasteiger partial charge in [0.25, 0.3) is 0 Å². The Morgan fingerprint density at radius 3 is 0.970 bits per heavy atom. The van der Waals surface area contributed by atoms with Gasteiger partial charge in [0, 0.05) is 0 Å². The van der Waals surface area contributed by atoms with Crippen molar-refractivity contribution in [3.8, 4) is 0 Å². The lowest BCUT2D eigenvalue weighted by atomic mass is 9.88. The summed E-state index contributed by atoms with van der Waals surface area (Å²) in [6.07, 6.45) is 3.40. The first-order valence-corrected chi connectivity index (χ1v) is 20.4. The van der Waals surface area contributed by atoms with Crippen LogP contribution in [0.5, 0.6) is 0 Å². The average Bonchev–Trinajstić information content (AvgIpc) is 3.35. The van der Waals surface area contributed by atoms with Crippen molar-refractivity contribution in [2.75, 3.05) is 46.2 Å². The molecule has 0 radical (unpaired) electrons. The van der Waals surface area contributed by atoms with Gasteiger partial charge < -0.3 is 37.9 Å². The zero-order chi connectivity index (χ0) is 48.1. The second-order valence-corrected chi connectivity index (χ2v) is 14.4. The molecule has 0 heterocycles. The van der Waals surface area contributed by atoms with Gasteiger partial charge in [-0.1, -0.05) is 69.2 Å². The highest BCUT2D eigenvalue weighted by Crippen LogP contribution is 2.27. The molecule has 0 saturated carbocycles. The van der Waals surface area contributed by atoms with E-state index in [-0.39, 0.29) is 77.4 Å². The maximum absolute atomic E-state index is 13.5. The molecule has 0 fully saturated rings. The fraction of sp³-hybridized carbons (Fsp3) is 0.240. The van der Waals surface area contributed by atoms with Crippen molar-refractivity contribution in [1.29, 1.82) is 0 Å². The predicted octanol–water partition coefficient (Wildman–Crippen LogP) is 7.38. The molecule has 1 atom stereocenters. The highest BCUT2D eigenvalue weighted by atomic mass is 16.6. The van der Waals surface area contributed by atoms with Crippen LogP contribution in [0.25, 0.3) is 0 Å². The van der Waals surface area contributed by atoms with Gasteiger partial charge in [-0.25, -0.2) is 38.4 Å². The second-order valence-electron chi connectivity index (χ2n) is 14.4. The van der Waals surface area contributed by atoms with Crippen LogP contribution in [0.2, 0.25) is 0 Å². The first kappa shape index (κ1) is 50.5. The molecule has 0 aliphatic rings. The van der Waals surface area contributed by atoms with Crippen LogP contribution in [-0.2, 0) is 37.9 Å². The van der Waals surface area contributed by atoms with Crippen molar-refractivity contribution >= 4 is 47.8 Å². The molecule has 16 heteroatoms. The summed E-state index contributed by atoms with van der Waals surface area (Å²) in [5, 5.41) is 0. The Kier molecular flexibility index (Phi) is 19.3. The highest BCUT2D eigenvalue weighted by Gasteiger charge is 2.35. The summed E-state index contributed by atoms with van der Waals surface area (Å²) < 4.78 is 42.9. The van der Waals surface area contributed by atoms with E-state index in [4.69, 9.17) is 37.9 Å². The van der Waals surface area contributed by atoms with Gasteiger partial charge in [0.05, 0.1) is 49.9 Å². The van der Waals surface area contributed by atoms with Crippen molar-refractivity contribution in [1.82, 2.24) is 0 Å². The van der Waals surface area contributed by atoms with Crippen LogP contribution in [0.1, 0.15) is 103 Å². The van der Waals surface area contributed by atoms with Crippen molar-refractivity contribution in [2.45, 2.75) is 26.4 Å². The summed E-state index contributed by atoms with van der Waals surface area (Å²) in [6, 6.07) is 22.4. The molecule has 1 unspecified atom stereocenters. The minimum atomic E-state index is -1.35. The number of hydrogen-bond acceptors (Lipinski definition) is 16. The van der Waals surface area contributed by atoms with Crippen LogP contribution in [0.3, 0.4) is 0 Å². The molecule has 4 aromatic rings. The fourth-order valence-electron chi connectivity index (χ4n) is 5.64. The van der Waals surface area contributed by atoms with Gasteiger partial charge in [-0.3, -0.25) is 0 Å². The van der Waals surface area contributed by atoms with Gasteiger partial charge >= 0.3 is 47.8 Å². The lowest BCUT2D eigenvalue weighted by Crippen LogP contribution is -2.39. The van der Waals surface area contributed by atoms with E-state index in [1.54, 1.807) is 6.92 Å². The second kappa shape index (κ2) is 25.2. The van der Waals surface area contributed by atoms with Gasteiger partial charge in [-0.2, -0.15) is 0 Å². The number of esters is 8. The van der Waals surface area contributed by atoms with Crippen LogP contribution in [0.4, 0.5) is 0 Å². The third-order valence-corrected chi connectivity index (χ3v) is 9.37. The lowest BCUT2D eigenvalue weighted by molar-refractivity contribution is -0.0382. The standard InChI is InChI=1S/C50H48O16/c1-6-22-59-42(51)34-14-10-18-38(25-34)46(55)63-30-50(9-4,31-64-47(56)39-19-11-15-35(26-39)43(52)60-23-7-2)32-65-48(57)40-20-12-17-37(27-40)45(54)62-29-33(5)66-49(58)41-21-13-16-36(28-41)44(53)61-24-8-3/h6-8,10-21,25-28,33H,1-3,9,22-24,29-32H2,4-5H3. The largest absolute Gasteiger partial charge is 0.461 e. The molecule has 344 valence electrons. The van der Waals surface area contributed by atoms with Crippen molar-refractivity contribution in [2.24, 2.45) is 5.41 Å². The lowest BCUT2D eigenvalue weighted by Gasteiger charge is -2.31. The predicted molar refractivity (Wildman–Crippen MR) is 236 cm³/mol. The number of rotatable bonds is 24. The monoisotopic (exact) mass is 904 g/mol. The summed E-state index contributed by atoms with van der Waals surface area (Å²) in [4.78, 5) is 103. The maximum Gasteiger partial charge on any atom is 0.338 e. The third-order valence-electron chi connectivity index (χ3n) is 9.37.